The lowest BCUT2D eigenvalue weighted by Crippen LogP contribution is -2.18. The van der Waals surface area contributed by atoms with Gasteiger partial charge in [0.25, 0.3) is 5.91 Å². The zero-order valence-electron chi connectivity index (χ0n) is 11.6. The lowest BCUT2D eigenvalue weighted by molar-refractivity contribution is 0.0963. The van der Waals surface area contributed by atoms with Crippen LogP contribution in [0, 0.1) is 0 Å². The maximum atomic E-state index is 11.4. The Hall–Kier alpha value is -1.36. The van der Waals surface area contributed by atoms with Crippen LogP contribution in [0.5, 0.6) is 0 Å². The Bertz CT molecular complexity index is 629. The van der Waals surface area contributed by atoms with Gasteiger partial charge in [-0.05, 0) is 41.5 Å². The molecule has 2 aromatic rings. The molecule has 110 valence electrons. The topological polar surface area (TPSA) is 41.1 Å². The first-order valence-corrected chi connectivity index (χ1v) is 7.73. The molecular weight excluding hydrogens is 352 g/mol. The van der Waals surface area contributed by atoms with Crippen LogP contribution in [0.25, 0.3) is 0 Å². The molecule has 0 fully saturated rings. The minimum absolute atomic E-state index is 0.0737. The van der Waals surface area contributed by atoms with Crippen molar-refractivity contribution in [2.75, 3.05) is 7.05 Å². The average molecular weight is 368 g/mol. The Morgan fingerprint density at radius 1 is 1.14 bits per heavy atom. The molecule has 0 heterocycles. The predicted octanol–water partition coefficient (Wildman–Crippen LogP) is 3.75. The molecule has 0 aromatic heterocycles. The third-order valence-electron chi connectivity index (χ3n) is 3.10. The lowest BCUT2D eigenvalue weighted by Gasteiger charge is -2.08. The summed E-state index contributed by atoms with van der Waals surface area (Å²) < 4.78 is 1.01. The highest BCUT2D eigenvalue weighted by Crippen LogP contribution is 2.20. The number of hydrogen-bond acceptors (Lipinski definition) is 2. The molecule has 0 saturated carbocycles. The highest BCUT2D eigenvalue weighted by molar-refractivity contribution is 9.10. The van der Waals surface area contributed by atoms with E-state index in [4.69, 9.17) is 11.6 Å². The number of rotatable bonds is 5. The van der Waals surface area contributed by atoms with Crippen LogP contribution in [0.4, 0.5) is 0 Å². The summed E-state index contributed by atoms with van der Waals surface area (Å²) in [5, 5.41) is 6.70. The molecule has 1 amide bonds. The Morgan fingerprint density at radius 3 is 2.52 bits per heavy atom. The van der Waals surface area contributed by atoms with Crippen molar-refractivity contribution in [1.82, 2.24) is 10.6 Å². The molecule has 2 rings (SSSR count). The van der Waals surface area contributed by atoms with Crippen LogP contribution in [0.3, 0.4) is 0 Å². The molecule has 2 N–H and O–H groups in total. The fourth-order valence-electron chi connectivity index (χ4n) is 1.94. The van der Waals surface area contributed by atoms with E-state index < -0.39 is 0 Å². The molecule has 5 heteroatoms. The number of halogens is 2. The number of benzene rings is 2. The Kier molecular flexibility index (Phi) is 5.79. The first-order valence-electron chi connectivity index (χ1n) is 6.56. The van der Waals surface area contributed by atoms with E-state index >= 15 is 0 Å². The van der Waals surface area contributed by atoms with Crippen molar-refractivity contribution < 1.29 is 4.79 Å². The van der Waals surface area contributed by atoms with E-state index in [0.29, 0.717) is 12.1 Å². The van der Waals surface area contributed by atoms with Crippen LogP contribution < -0.4 is 10.6 Å². The van der Waals surface area contributed by atoms with Gasteiger partial charge in [0.05, 0.1) is 0 Å². The molecule has 0 aliphatic heterocycles. The van der Waals surface area contributed by atoms with Gasteiger partial charge in [-0.25, -0.2) is 0 Å². The molecule has 2 aromatic carbocycles. The quantitative estimate of drug-likeness (QED) is 0.845. The third kappa shape index (κ3) is 4.56. The van der Waals surface area contributed by atoms with Crippen LogP contribution >= 0.6 is 27.5 Å². The van der Waals surface area contributed by atoms with Gasteiger partial charge < -0.3 is 10.6 Å². The van der Waals surface area contributed by atoms with Crippen molar-refractivity contribution in [1.29, 1.82) is 0 Å². The molecule has 0 aliphatic carbocycles. The number of hydrogen-bond donors (Lipinski definition) is 2. The zero-order valence-corrected chi connectivity index (χ0v) is 14.0. The van der Waals surface area contributed by atoms with Gasteiger partial charge in [0, 0.05) is 35.2 Å². The molecule has 0 unspecified atom stereocenters. The molecule has 0 bridgehead atoms. The SMILES string of the molecule is CNC(=O)c1ccc(CNCc2cc(Br)ccc2Cl)cc1. The van der Waals surface area contributed by atoms with Gasteiger partial charge >= 0.3 is 0 Å². The van der Waals surface area contributed by atoms with Gasteiger partial charge in [-0.2, -0.15) is 0 Å². The molecule has 21 heavy (non-hydrogen) atoms. The monoisotopic (exact) mass is 366 g/mol. The Balaban J connectivity index is 1.91. The number of carbonyl (C=O) groups excluding carboxylic acids is 1. The summed E-state index contributed by atoms with van der Waals surface area (Å²) in [6, 6.07) is 13.3. The first-order chi connectivity index (χ1) is 10.1. The average Bonchev–Trinajstić information content (AvgIpc) is 2.50. The van der Waals surface area contributed by atoms with Gasteiger partial charge in [-0.1, -0.05) is 39.7 Å². The van der Waals surface area contributed by atoms with Gasteiger partial charge in [0.1, 0.15) is 0 Å². The van der Waals surface area contributed by atoms with E-state index in [1.807, 2.05) is 42.5 Å². The molecule has 0 radical (unpaired) electrons. The van der Waals surface area contributed by atoms with Crippen molar-refractivity contribution in [3.63, 3.8) is 0 Å². The van der Waals surface area contributed by atoms with E-state index in [0.717, 1.165) is 27.2 Å². The van der Waals surface area contributed by atoms with Crippen molar-refractivity contribution in [2.24, 2.45) is 0 Å². The van der Waals surface area contributed by atoms with E-state index in [2.05, 4.69) is 26.6 Å². The summed E-state index contributed by atoms with van der Waals surface area (Å²) in [7, 11) is 1.62. The number of amides is 1. The smallest absolute Gasteiger partial charge is 0.251 e. The van der Waals surface area contributed by atoms with Crippen LogP contribution in [-0.2, 0) is 13.1 Å². The minimum Gasteiger partial charge on any atom is -0.355 e. The van der Waals surface area contributed by atoms with E-state index in [1.165, 1.54) is 0 Å². The molecule has 0 saturated heterocycles. The summed E-state index contributed by atoms with van der Waals surface area (Å²) >= 11 is 9.58. The number of carbonyl (C=O) groups is 1. The van der Waals surface area contributed by atoms with Crippen LogP contribution in [0.2, 0.25) is 5.02 Å². The second-order valence-corrected chi connectivity index (χ2v) is 5.94. The van der Waals surface area contributed by atoms with Crippen molar-refractivity contribution in [2.45, 2.75) is 13.1 Å². The Morgan fingerprint density at radius 2 is 1.86 bits per heavy atom. The molecular formula is C16H16BrClN2O. The summed E-state index contributed by atoms with van der Waals surface area (Å²) in [5.74, 6) is -0.0737. The minimum atomic E-state index is -0.0737. The number of nitrogens with one attached hydrogen (secondary N) is 2. The highest BCUT2D eigenvalue weighted by Gasteiger charge is 2.03. The molecule has 0 spiro atoms. The first kappa shape index (κ1) is 16.0. The zero-order chi connectivity index (χ0) is 15.2. The molecule has 0 aliphatic rings. The normalized spacial score (nSPS) is 10.4. The standard InChI is InChI=1S/C16H16BrClN2O/c1-19-16(21)12-4-2-11(3-5-12)9-20-10-13-8-14(17)6-7-15(13)18/h2-8,20H,9-10H2,1H3,(H,19,21). The molecule has 0 atom stereocenters. The van der Waals surface area contributed by atoms with Crippen molar-refractivity contribution >= 4 is 33.4 Å². The second-order valence-electron chi connectivity index (χ2n) is 4.62. The largest absolute Gasteiger partial charge is 0.355 e. The van der Waals surface area contributed by atoms with Gasteiger partial charge in [-0.3, -0.25) is 4.79 Å². The van der Waals surface area contributed by atoms with Crippen LogP contribution in [-0.4, -0.2) is 13.0 Å². The van der Waals surface area contributed by atoms with Crippen LogP contribution in [0.1, 0.15) is 21.5 Å². The lowest BCUT2D eigenvalue weighted by atomic mass is 10.1. The maximum absolute atomic E-state index is 11.4. The van der Waals surface area contributed by atoms with Crippen molar-refractivity contribution in [3.05, 3.63) is 68.7 Å². The highest BCUT2D eigenvalue weighted by atomic mass is 79.9. The second kappa shape index (κ2) is 7.59. The van der Waals surface area contributed by atoms with E-state index in [-0.39, 0.29) is 5.91 Å². The van der Waals surface area contributed by atoms with Gasteiger partial charge in [0.2, 0.25) is 0 Å². The van der Waals surface area contributed by atoms with E-state index in [1.54, 1.807) is 7.05 Å². The molecule has 3 nitrogen and oxygen atoms in total. The van der Waals surface area contributed by atoms with Gasteiger partial charge in [-0.15, -0.1) is 0 Å². The van der Waals surface area contributed by atoms with E-state index in [9.17, 15) is 4.79 Å². The van der Waals surface area contributed by atoms with Crippen molar-refractivity contribution in [3.8, 4) is 0 Å². The summed E-state index contributed by atoms with van der Waals surface area (Å²) in [6.45, 7) is 1.41. The third-order valence-corrected chi connectivity index (χ3v) is 3.96. The summed E-state index contributed by atoms with van der Waals surface area (Å²) in [5.41, 5.74) is 2.83. The fraction of sp³-hybridized carbons (Fsp3) is 0.188. The maximum Gasteiger partial charge on any atom is 0.251 e. The summed E-state index contributed by atoms with van der Waals surface area (Å²) in [4.78, 5) is 11.4. The van der Waals surface area contributed by atoms with Gasteiger partial charge in [0.15, 0.2) is 0 Å². The Labute approximate surface area is 137 Å². The fourth-order valence-corrected chi connectivity index (χ4v) is 2.53. The predicted molar refractivity (Wildman–Crippen MR) is 89.5 cm³/mol. The van der Waals surface area contributed by atoms with Crippen LogP contribution in [0.15, 0.2) is 46.9 Å². The summed E-state index contributed by atoms with van der Waals surface area (Å²) in [6.07, 6.45) is 0.